The molecule has 2 saturated heterocycles. The van der Waals surface area contributed by atoms with E-state index in [9.17, 15) is 4.79 Å². The molecule has 28 heavy (non-hydrogen) atoms. The Labute approximate surface area is 169 Å². The van der Waals surface area contributed by atoms with Gasteiger partial charge in [0.2, 0.25) is 0 Å². The van der Waals surface area contributed by atoms with Gasteiger partial charge in [-0.05, 0) is 70.7 Å². The van der Waals surface area contributed by atoms with Crippen LogP contribution in [-0.4, -0.2) is 66.8 Å². The Kier molecular flexibility index (Phi) is 6.38. The minimum Gasteiger partial charge on any atom is -0.444 e. The number of ether oxygens (including phenoxy) is 1. The maximum atomic E-state index is 12.4. The van der Waals surface area contributed by atoms with Gasteiger partial charge in [-0.3, -0.25) is 4.90 Å². The van der Waals surface area contributed by atoms with Crippen molar-refractivity contribution in [2.45, 2.75) is 58.6 Å². The average Bonchev–Trinajstić information content (AvgIpc) is 2.87. The van der Waals surface area contributed by atoms with Crippen molar-refractivity contribution in [1.82, 2.24) is 9.80 Å². The third-order valence-corrected chi connectivity index (χ3v) is 5.72. The molecule has 0 aromatic heterocycles. The lowest BCUT2D eigenvalue weighted by Crippen LogP contribution is -2.46. The number of anilines is 2. The molecule has 6 heteroatoms. The number of hydrogen-bond donors (Lipinski definition) is 1. The summed E-state index contributed by atoms with van der Waals surface area (Å²) in [5.41, 5.74) is 8.85. The molecule has 2 N–H and O–H groups in total. The molecule has 2 fully saturated rings. The van der Waals surface area contributed by atoms with Crippen LogP contribution < -0.4 is 10.6 Å². The first-order valence-corrected chi connectivity index (χ1v) is 10.6. The van der Waals surface area contributed by atoms with E-state index in [1.165, 1.54) is 11.3 Å². The van der Waals surface area contributed by atoms with Crippen molar-refractivity contribution < 1.29 is 9.53 Å². The number of carbonyl (C=O) groups is 1. The van der Waals surface area contributed by atoms with Crippen molar-refractivity contribution in [3.63, 3.8) is 0 Å². The first kappa shape index (κ1) is 20.8. The zero-order valence-electron chi connectivity index (χ0n) is 17.9. The van der Waals surface area contributed by atoms with Crippen LogP contribution in [0.4, 0.5) is 16.2 Å². The molecule has 1 aromatic rings. The van der Waals surface area contributed by atoms with Gasteiger partial charge in [0.25, 0.3) is 0 Å². The van der Waals surface area contributed by atoms with Gasteiger partial charge in [-0.2, -0.15) is 0 Å². The lowest BCUT2D eigenvalue weighted by atomic mass is 10.0. The van der Waals surface area contributed by atoms with Gasteiger partial charge in [0, 0.05) is 56.7 Å². The maximum Gasteiger partial charge on any atom is 0.410 e. The number of amides is 1. The number of hydrogen-bond acceptors (Lipinski definition) is 5. The summed E-state index contributed by atoms with van der Waals surface area (Å²) in [6.07, 6.45) is 3.16. The van der Waals surface area contributed by atoms with Gasteiger partial charge in [0.05, 0.1) is 0 Å². The van der Waals surface area contributed by atoms with Gasteiger partial charge in [-0.15, -0.1) is 0 Å². The summed E-state index contributed by atoms with van der Waals surface area (Å²) >= 11 is 0. The first-order valence-electron chi connectivity index (χ1n) is 10.6. The Balaban J connectivity index is 1.51. The molecule has 6 nitrogen and oxygen atoms in total. The van der Waals surface area contributed by atoms with Crippen LogP contribution in [0.2, 0.25) is 0 Å². The quantitative estimate of drug-likeness (QED) is 0.786. The molecule has 2 aliphatic rings. The minimum atomic E-state index is -0.434. The van der Waals surface area contributed by atoms with E-state index in [2.05, 4.69) is 28.9 Å². The average molecular weight is 389 g/mol. The molecule has 0 saturated carbocycles. The van der Waals surface area contributed by atoms with Crippen molar-refractivity contribution in [2.24, 2.45) is 0 Å². The molecule has 0 spiro atoms. The molecule has 1 amide bonds. The molecular weight excluding hydrogens is 352 g/mol. The molecule has 0 aliphatic carbocycles. The van der Waals surface area contributed by atoms with E-state index < -0.39 is 5.60 Å². The summed E-state index contributed by atoms with van der Waals surface area (Å²) in [6, 6.07) is 6.80. The smallest absolute Gasteiger partial charge is 0.410 e. The maximum absolute atomic E-state index is 12.4. The molecule has 3 rings (SSSR count). The zero-order chi connectivity index (χ0) is 20.3. The van der Waals surface area contributed by atoms with Crippen LogP contribution in [0.3, 0.4) is 0 Å². The Morgan fingerprint density at radius 1 is 1.07 bits per heavy atom. The van der Waals surface area contributed by atoms with Crippen LogP contribution in [0.15, 0.2) is 18.2 Å². The highest BCUT2D eigenvalue weighted by molar-refractivity contribution is 5.68. The highest BCUT2D eigenvalue weighted by Gasteiger charge is 2.29. The number of carbonyl (C=O) groups excluding carboxylic acids is 1. The highest BCUT2D eigenvalue weighted by atomic mass is 16.6. The van der Waals surface area contributed by atoms with Crippen LogP contribution >= 0.6 is 0 Å². The van der Waals surface area contributed by atoms with E-state index in [4.69, 9.17) is 10.5 Å². The van der Waals surface area contributed by atoms with Crippen molar-refractivity contribution in [3.05, 3.63) is 23.8 Å². The van der Waals surface area contributed by atoms with Crippen molar-refractivity contribution in [2.75, 3.05) is 49.9 Å². The Hall–Kier alpha value is -1.95. The van der Waals surface area contributed by atoms with Gasteiger partial charge in [0.15, 0.2) is 0 Å². The van der Waals surface area contributed by atoms with Gasteiger partial charge < -0.3 is 20.3 Å². The van der Waals surface area contributed by atoms with E-state index in [0.29, 0.717) is 6.04 Å². The fourth-order valence-electron chi connectivity index (χ4n) is 4.32. The molecule has 0 radical (unpaired) electrons. The van der Waals surface area contributed by atoms with Crippen LogP contribution in [0.25, 0.3) is 0 Å². The molecule has 2 heterocycles. The summed E-state index contributed by atoms with van der Waals surface area (Å²) in [5, 5.41) is 0. The van der Waals surface area contributed by atoms with E-state index in [-0.39, 0.29) is 6.09 Å². The minimum absolute atomic E-state index is 0.178. The Morgan fingerprint density at radius 2 is 1.79 bits per heavy atom. The van der Waals surface area contributed by atoms with Gasteiger partial charge in [-0.25, -0.2) is 4.79 Å². The highest BCUT2D eigenvalue weighted by Crippen LogP contribution is 2.27. The predicted molar refractivity (Wildman–Crippen MR) is 115 cm³/mol. The SMILES string of the molecule is Cc1cc(N)ccc1N1CCC(N2CCCN(C(=O)OC(C)(C)C)CC2)CC1. The number of rotatable bonds is 2. The van der Waals surface area contributed by atoms with E-state index >= 15 is 0 Å². The first-order chi connectivity index (χ1) is 13.2. The van der Waals surface area contributed by atoms with Crippen molar-refractivity contribution in [3.8, 4) is 0 Å². The van der Waals surface area contributed by atoms with Crippen molar-refractivity contribution in [1.29, 1.82) is 0 Å². The van der Waals surface area contributed by atoms with Crippen LogP contribution in [-0.2, 0) is 4.74 Å². The van der Waals surface area contributed by atoms with Crippen LogP contribution in [0, 0.1) is 6.92 Å². The predicted octanol–water partition coefficient (Wildman–Crippen LogP) is 3.49. The summed E-state index contributed by atoms with van der Waals surface area (Å²) in [7, 11) is 0. The normalized spacial score (nSPS) is 20.1. The summed E-state index contributed by atoms with van der Waals surface area (Å²) in [4.78, 5) is 19.3. The molecular formula is C22H36N4O2. The van der Waals surface area contributed by atoms with Crippen molar-refractivity contribution >= 4 is 17.5 Å². The van der Waals surface area contributed by atoms with E-state index in [1.807, 2.05) is 31.7 Å². The third-order valence-electron chi connectivity index (χ3n) is 5.72. The van der Waals surface area contributed by atoms with Crippen LogP contribution in [0.5, 0.6) is 0 Å². The molecule has 156 valence electrons. The fraction of sp³-hybridized carbons (Fsp3) is 0.682. The topological polar surface area (TPSA) is 62.0 Å². The van der Waals surface area contributed by atoms with Gasteiger partial charge >= 0.3 is 6.09 Å². The second-order valence-electron chi connectivity index (χ2n) is 9.12. The number of nitrogens with zero attached hydrogens (tertiary/aromatic N) is 3. The fourth-order valence-corrected chi connectivity index (χ4v) is 4.32. The Bertz CT molecular complexity index is 678. The molecule has 0 bridgehead atoms. The molecule has 0 unspecified atom stereocenters. The standard InChI is InChI=1S/C22H36N4O2/c1-17-16-18(23)6-7-20(17)25-12-8-19(9-13-25)24-10-5-11-26(15-14-24)21(27)28-22(2,3)4/h6-7,16,19H,5,8-15,23H2,1-4H3. The summed E-state index contributed by atoms with van der Waals surface area (Å²) in [5.74, 6) is 0. The number of nitrogen functional groups attached to an aromatic ring is 1. The third kappa shape index (κ3) is 5.31. The lowest BCUT2D eigenvalue weighted by Gasteiger charge is -2.39. The number of aryl methyl sites for hydroxylation is 1. The van der Waals surface area contributed by atoms with E-state index in [1.54, 1.807) is 0 Å². The number of nitrogens with two attached hydrogens (primary N) is 1. The zero-order valence-corrected chi connectivity index (χ0v) is 17.9. The molecule has 0 atom stereocenters. The largest absolute Gasteiger partial charge is 0.444 e. The number of benzene rings is 1. The van der Waals surface area contributed by atoms with Crippen LogP contribution in [0.1, 0.15) is 45.6 Å². The van der Waals surface area contributed by atoms with E-state index in [0.717, 1.165) is 64.2 Å². The molecule has 2 aliphatic heterocycles. The van der Waals surface area contributed by atoms with Gasteiger partial charge in [-0.1, -0.05) is 0 Å². The summed E-state index contributed by atoms with van der Waals surface area (Å²) in [6.45, 7) is 13.6. The monoisotopic (exact) mass is 388 g/mol. The second kappa shape index (κ2) is 8.60. The second-order valence-corrected chi connectivity index (χ2v) is 9.12. The summed E-state index contributed by atoms with van der Waals surface area (Å²) < 4.78 is 5.55. The molecule has 1 aromatic carbocycles. The van der Waals surface area contributed by atoms with Gasteiger partial charge in [0.1, 0.15) is 5.60 Å². The number of piperidine rings is 1. The Morgan fingerprint density at radius 3 is 2.43 bits per heavy atom. The lowest BCUT2D eigenvalue weighted by molar-refractivity contribution is 0.0254.